The number of allylic oxidation sites excluding steroid dienone is 1. The molecule has 0 aromatic heterocycles. The summed E-state index contributed by atoms with van der Waals surface area (Å²) in [6.45, 7) is 8.37. The van der Waals surface area contributed by atoms with Crippen LogP contribution in [0.2, 0.25) is 5.02 Å². The van der Waals surface area contributed by atoms with Crippen LogP contribution in [0.3, 0.4) is 0 Å². The number of ether oxygens (including phenoxy) is 1. The van der Waals surface area contributed by atoms with Crippen molar-refractivity contribution in [1.82, 2.24) is 5.32 Å². The van der Waals surface area contributed by atoms with Crippen LogP contribution in [-0.4, -0.2) is 13.2 Å². The van der Waals surface area contributed by atoms with Crippen LogP contribution in [0.15, 0.2) is 30.9 Å². The fourth-order valence-electron chi connectivity index (χ4n) is 1.64. The van der Waals surface area contributed by atoms with E-state index >= 15 is 0 Å². The van der Waals surface area contributed by atoms with Crippen molar-refractivity contribution in [3.63, 3.8) is 0 Å². The van der Waals surface area contributed by atoms with Gasteiger partial charge in [-0.3, -0.25) is 0 Å². The summed E-state index contributed by atoms with van der Waals surface area (Å²) in [7, 11) is 0. The molecular formula is C15H22ClNO. The van der Waals surface area contributed by atoms with E-state index in [1.807, 2.05) is 24.3 Å². The Bertz CT molecular complexity index is 366. The predicted molar refractivity (Wildman–Crippen MR) is 78.4 cm³/mol. The number of halogens is 1. The Morgan fingerprint density at radius 2 is 2.28 bits per heavy atom. The first-order valence-electron chi connectivity index (χ1n) is 6.50. The summed E-state index contributed by atoms with van der Waals surface area (Å²) in [5.41, 5.74) is 1.12. The Kier molecular flexibility index (Phi) is 7.54. The molecule has 0 unspecified atom stereocenters. The van der Waals surface area contributed by atoms with Crippen LogP contribution in [0.1, 0.15) is 31.7 Å². The van der Waals surface area contributed by atoms with Crippen molar-refractivity contribution in [3.8, 4) is 5.75 Å². The third-order valence-electron chi connectivity index (χ3n) is 2.57. The molecule has 100 valence electrons. The van der Waals surface area contributed by atoms with Gasteiger partial charge in [-0.25, -0.2) is 0 Å². The van der Waals surface area contributed by atoms with Crippen molar-refractivity contribution in [1.29, 1.82) is 0 Å². The van der Waals surface area contributed by atoms with Gasteiger partial charge in [0, 0.05) is 17.1 Å². The second kappa shape index (κ2) is 9.01. The van der Waals surface area contributed by atoms with Gasteiger partial charge in [0.1, 0.15) is 5.75 Å². The van der Waals surface area contributed by atoms with Crippen LogP contribution < -0.4 is 10.1 Å². The third kappa shape index (κ3) is 5.56. The van der Waals surface area contributed by atoms with E-state index in [0.717, 1.165) is 48.7 Å². The van der Waals surface area contributed by atoms with E-state index in [1.165, 1.54) is 0 Å². The van der Waals surface area contributed by atoms with Crippen molar-refractivity contribution in [3.05, 3.63) is 41.4 Å². The van der Waals surface area contributed by atoms with Gasteiger partial charge < -0.3 is 10.1 Å². The lowest BCUT2D eigenvalue weighted by molar-refractivity contribution is 0.308. The molecule has 0 saturated carbocycles. The van der Waals surface area contributed by atoms with Crippen LogP contribution in [0.5, 0.6) is 5.75 Å². The molecular weight excluding hydrogens is 246 g/mol. The number of rotatable bonds is 9. The SMILES string of the molecule is C=CCCCOc1ccc(Cl)cc1CNCCC. The standard InChI is InChI=1S/C15H22ClNO/c1-3-5-6-10-18-15-8-7-14(16)11-13(15)12-17-9-4-2/h3,7-8,11,17H,1,4-6,9-10,12H2,2H3. The van der Waals surface area contributed by atoms with Crippen molar-refractivity contribution in [2.75, 3.05) is 13.2 Å². The van der Waals surface area contributed by atoms with E-state index in [4.69, 9.17) is 16.3 Å². The molecule has 0 spiro atoms. The highest BCUT2D eigenvalue weighted by molar-refractivity contribution is 6.30. The fourth-order valence-corrected chi connectivity index (χ4v) is 1.83. The average molecular weight is 268 g/mol. The van der Waals surface area contributed by atoms with Gasteiger partial charge in [-0.2, -0.15) is 0 Å². The lowest BCUT2D eigenvalue weighted by Crippen LogP contribution is -2.14. The topological polar surface area (TPSA) is 21.3 Å². The smallest absolute Gasteiger partial charge is 0.123 e. The first kappa shape index (κ1) is 15.1. The average Bonchev–Trinajstić information content (AvgIpc) is 2.37. The van der Waals surface area contributed by atoms with Crippen molar-refractivity contribution in [2.45, 2.75) is 32.7 Å². The van der Waals surface area contributed by atoms with Gasteiger partial charge in [0.15, 0.2) is 0 Å². The molecule has 1 rings (SSSR count). The van der Waals surface area contributed by atoms with E-state index < -0.39 is 0 Å². The number of nitrogens with one attached hydrogen (secondary N) is 1. The Labute approximate surface area is 115 Å². The zero-order chi connectivity index (χ0) is 13.2. The quantitative estimate of drug-likeness (QED) is 0.535. The predicted octanol–water partition coefficient (Wildman–Crippen LogP) is 4.18. The molecule has 1 aromatic rings. The summed E-state index contributed by atoms with van der Waals surface area (Å²) in [6, 6.07) is 5.78. The first-order chi connectivity index (χ1) is 8.77. The van der Waals surface area contributed by atoms with Gasteiger partial charge in [0.2, 0.25) is 0 Å². The summed E-state index contributed by atoms with van der Waals surface area (Å²) in [4.78, 5) is 0. The second-order valence-electron chi connectivity index (χ2n) is 4.21. The minimum atomic E-state index is 0.717. The van der Waals surface area contributed by atoms with Gasteiger partial charge in [0.25, 0.3) is 0 Å². The van der Waals surface area contributed by atoms with E-state index in [-0.39, 0.29) is 0 Å². The summed E-state index contributed by atoms with van der Waals surface area (Å²) < 4.78 is 5.78. The van der Waals surface area contributed by atoms with Crippen LogP contribution in [0, 0.1) is 0 Å². The fraction of sp³-hybridized carbons (Fsp3) is 0.467. The monoisotopic (exact) mass is 267 g/mol. The Hall–Kier alpha value is -0.990. The van der Waals surface area contributed by atoms with E-state index in [1.54, 1.807) is 0 Å². The highest BCUT2D eigenvalue weighted by Gasteiger charge is 2.04. The first-order valence-corrected chi connectivity index (χ1v) is 6.88. The van der Waals surface area contributed by atoms with Gasteiger partial charge in [-0.1, -0.05) is 24.6 Å². The van der Waals surface area contributed by atoms with Crippen LogP contribution in [0.4, 0.5) is 0 Å². The zero-order valence-electron chi connectivity index (χ0n) is 11.0. The number of hydrogen-bond donors (Lipinski definition) is 1. The van der Waals surface area contributed by atoms with E-state index in [2.05, 4.69) is 18.8 Å². The molecule has 1 N–H and O–H groups in total. The number of hydrogen-bond acceptors (Lipinski definition) is 2. The summed E-state index contributed by atoms with van der Waals surface area (Å²) in [5, 5.41) is 4.12. The van der Waals surface area contributed by atoms with Gasteiger partial charge in [-0.15, -0.1) is 6.58 Å². The van der Waals surface area contributed by atoms with Crippen LogP contribution in [-0.2, 0) is 6.54 Å². The molecule has 18 heavy (non-hydrogen) atoms. The highest BCUT2D eigenvalue weighted by atomic mass is 35.5. The zero-order valence-corrected chi connectivity index (χ0v) is 11.8. The Morgan fingerprint density at radius 1 is 1.44 bits per heavy atom. The van der Waals surface area contributed by atoms with E-state index in [9.17, 15) is 0 Å². The van der Waals surface area contributed by atoms with Crippen LogP contribution >= 0.6 is 11.6 Å². The maximum Gasteiger partial charge on any atom is 0.123 e. The minimum Gasteiger partial charge on any atom is -0.493 e. The lowest BCUT2D eigenvalue weighted by atomic mass is 10.2. The van der Waals surface area contributed by atoms with Gasteiger partial charge in [0.05, 0.1) is 6.61 Å². The third-order valence-corrected chi connectivity index (χ3v) is 2.81. The molecule has 0 aliphatic heterocycles. The molecule has 3 heteroatoms. The largest absolute Gasteiger partial charge is 0.493 e. The highest BCUT2D eigenvalue weighted by Crippen LogP contribution is 2.23. The molecule has 0 aliphatic carbocycles. The number of benzene rings is 1. The molecule has 0 saturated heterocycles. The van der Waals surface area contributed by atoms with Crippen LogP contribution in [0.25, 0.3) is 0 Å². The second-order valence-corrected chi connectivity index (χ2v) is 4.64. The summed E-state index contributed by atoms with van der Waals surface area (Å²) in [6.07, 6.45) is 5.01. The van der Waals surface area contributed by atoms with Crippen molar-refractivity contribution >= 4 is 11.6 Å². The number of unbranched alkanes of at least 4 members (excludes halogenated alkanes) is 1. The molecule has 0 aliphatic rings. The minimum absolute atomic E-state index is 0.717. The molecule has 0 amide bonds. The molecule has 0 bridgehead atoms. The Balaban J connectivity index is 2.55. The van der Waals surface area contributed by atoms with Gasteiger partial charge >= 0.3 is 0 Å². The van der Waals surface area contributed by atoms with Crippen molar-refractivity contribution in [2.24, 2.45) is 0 Å². The molecule has 0 radical (unpaired) electrons. The lowest BCUT2D eigenvalue weighted by Gasteiger charge is -2.12. The maximum absolute atomic E-state index is 6.02. The Morgan fingerprint density at radius 3 is 3.00 bits per heavy atom. The maximum atomic E-state index is 6.02. The van der Waals surface area contributed by atoms with Gasteiger partial charge in [-0.05, 0) is 44.0 Å². The molecule has 0 heterocycles. The molecule has 0 fully saturated rings. The molecule has 2 nitrogen and oxygen atoms in total. The van der Waals surface area contributed by atoms with E-state index in [0.29, 0.717) is 6.61 Å². The summed E-state index contributed by atoms with van der Waals surface area (Å²) in [5.74, 6) is 0.923. The normalized spacial score (nSPS) is 10.3. The van der Waals surface area contributed by atoms with Crippen molar-refractivity contribution < 1.29 is 4.74 Å². The molecule has 1 aromatic carbocycles. The summed E-state index contributed by atoms with van der Waals surface area (Å²) >= 11 is 6.02. The molecule has 0 atom stereocenters.